The van der Waals surface area contributed by atoms with Crippen LogP contribution in [0.1, 0.15) is 24.0 Å². The number of rotatable bonds is 6. The molecule has 2 aromatic carbocycles. The maximum atomic E-state index is 13.0. The van der Waals surface area contributed by atoms with Crippen molar-refractivity contribution in [2.24, 2.45) is 0 Å². The molecule has 0 bridgehead atoms. The lowest BCUT2D eigenvalue weighted by atomic mass is 10.1. The fourth-order valence-electron chi connectivity index (χ4n) is 2.61. The monoisotopic (exact) mass is 313 g/mol. The highest BCUT2D eigenvalue weighted by Gasteiger charge is 2.32. The summed E-state index contributed by atoms with van der Waals surface area (Å²) in [5, 5.41) is 0. The molecule has 0 N–H and O–H groups in total. The molecule has 3 nitrogen and oxygen atoms in total. The molecular weight excluding hydrogens is 293 g/mol. The van der Waals surface area contributed by atoms with E-state index in [0.717, 1.165) is 29.7 Å². The molecule has 0 heterocycles. The molecule has 1 aliphatic rings. The minimum Gasteiger partial charge on any atom is -0.497 e. The van der Waals surface area contributed by atoms with Crippen molar-refractivity contribution in [3.63, 3.8) is 0 Å². The van der Waals surface area contributed by atoms with E-state index in [0.29, 0.717) is 19.0 Å². The molecular formula is C19H20FNO2. The summed E-state index contributed by atoms with van der Waals surface area (Å²) in [6, 6.07) is 14.2. The summed E-state index contributed by atoms with van der Waals surface area (Å²) in [5.74, 6) is 0.643. The van der Waals surface area contributed by atoms with Crippen molar-refractivity contribution in [1.29, 1.82) is 0 Å². The molecule has 1 saturated carbocycles. The molecule has 3 rings (SSSR count). The second-order valence-electron chi connectivity index (χ2n) is 5.90. The standard InChI is InChI=1S/C19H20FNO2/c1-23-18-10-4-14(5-11-18)12-19(22)21(17-8-9-17)13-15-2-6-16(20)7-3-15/h2-7,10-11,17H,8-9,12-13H2,1H3. The van der Waals surface area contributed by atoms with Gasteiger partial charge in [-0.2, -0.15) is 0 Å². The summed E-state index contributed by atoms with van der Waals surface area (Å²) in [4.78, 5) is 14.6. The third-order valence-corrected chi connectivity index (χ3v) is 4.09. The number of nitrogens with zero attached hydrogens (tertiary/aromatic N) is 1. The predicted molar refractivity (Wildman–Crippen MR) is 86.7 cm³/mol. The first-order chi connectivity index (χ1) is 11.2. The van der Waals surface area contributed by atoms with E-state index in [-0.39, 0.29) is 11.7 Å². The van der Waals surface area contributed by atoms with Gasteiger partial charge in [0.1, 0.15) is 11.6 Å². The molecule has 0 saturated heterocycles. The summed E-state index contributed by atoms with van der Waals surface area (Å²) in [7, 11) is 1.62. The van der Waals surface area contributed by atoms with Crippen molar-refractivity contribution >= 4 is 5.91 Å². The number of benzene rings is 2. The van der Waals surface area contributed by atoms with Gasteiger partial charge in [0.25, 0.3) is 0 Å². The molecule has 23 heavy (non-hydrogen) atoms. The van der Waals surface area contributed by atoms with Gasteiger partial charge < -0.3 is 9.64 Å². The highest BCUT2D eigenvalue weighted by molar-refractivity contribution is 5.79. The van der Waals surface area contributed by atoms with Gasteiger partial charge in [0.05, 0.1) is 13.5 Å². The quantitative estimate of drug-likeness (QED) is 0.816. The Kier molecular flexibility index (Phi) is 4.60. The van der Waals surface area contributed by atoms with Crippen LogP contribution in [-0.4, -0.2) is 24.0 Å². The highest BCUT2D eigenvalue weighted by Crippen LogP contribution is 2.29. The number of halogens is 1. The molecule has 0 atom stereocenters. The number of carbonyl (C=O) groups excluding carboxylic acids is 1. The van der Waals surface area contributed by atoms with Gasteiger partial charge in [-0.15, -0.1) is 0 Å². The molecule has 0 spiro atoms. The van der Waals surface area contributed by atoms with Crippen LogP contribution >= 0.6 is 0 Å². The Morgan fingerprint density at radius 1 is 1.09 bits per heavy atom. The van der Waals surface area contributed by atoms with Gasteiger partial charge in [0.2, 0.25) is 5.91 Å². The SMILES string of the molecule is COc1ccc(CC(=O)N(Cc2ccc(F)cc2)C2CC2)cc1. The first kappa shape index (κ1) is 15.5. The Morgan fingerprint density at radius 2 is 1.70 bits per heavy atom. The molecule has 0 aliphatic heterocycles. The van der Waals surface area contributed by atoms with Crippen molar-refractivity contribution in [1.82, 2.24) is 4.90 Å². The third kappa shape index (κ3) is 4.09. The highest BCUT2D eigenvalue weighted by atomic mass is 19.1. The van der Waals surface area contributed by atoms with Crippen molar-refractivity contribution < 1.29 is 13.9 Å². The van der Waals surface area contributed by atoms with E-state index in [1.165, 1.54) is 12.1 Å². The molecule has 1 fully saturated rings. The number of hydrogen-bond acceptors (Lipinski definition) is 2. The zero-order valence-corrected chi connectivity index (χ0v) is 13.2. The molecule has 120 valence electrons. The average molecular weight is 313 g/mol. The minimum atomic E-state index is -0.253. The lowest BCUT2D eigenvalue weighted by Crippen LogP contribution is -2.33. The van der Waals surface area contributed by atoms with Crippen LogP contribution in [-0.2, 0) is 17.8 Å². The number of hydrogen-bond donors (Lipinski definition) is 0. The van der Waals surface area contributed by atoms with Crippen molar-refractivity contribution in [2.75, 3.05) is 7.11 Å². The molecule has 1 aliphatic carbocycles. The maximum absolute atomic E-state index is 13.0. The van der Waals surface area contributed by atoms with Crippen LogP contribution in [0.3, 0.4) is 0 Å². The van der Waals surface area contributed by atoms with Crippen LogP contribution in [0.4, 0.5) is 4.39 Å². The average Bonchev–Trinajstić information content (AvgIpc) is 3.39. The molecule has 1 amide bonds. The molecule has 4 heteroatoms. The van der Waals surface area contributed by atoms with E-state index < -0.39 is 0 Å². The second kappa shape index (κ2) is 6.82. The van der Waals surface area contributed by atoms with Gasteiger partial charge in [-0.25, -0.2) is 4.39 Å². The predicted octanol–water partition coefficient (Wildman–Crippen LogP) is 3.57. The molecule has 0 radical (unpaired) electrons. The minimum absolute atomic E-state index is 0.113. The normalized spacial score (nSPS) is 13.7. The van der Waals surface area contributed by atoms with Crippen LogP contribution in [0, 0.1) is 5.82 Å². The lowest BCUT2D eigenvalue weighted by molar-refractivity contribution is -0.131. The summed E-state index contributed by atoms with van der Waals surface area (Å²) >= 11 is 0. The Hall–Kier alpha value is -2.36. The molecule has 2 aromatic rings. The van der Waals surface area contributed by atoms with Gasteiger partial charge in [0.15, 0.2) is 0 Å². The Labute approximate surface area is 135 Å². The second-order valence-corrected chi connectivity index (χ2v) is 5.90. The van der Waals surface area contributed by atoms with E-state index in [2.05, 4.69) is 0 Å². The van der Waals surface area contributed by atoms with Crippen molar-refractivity contribution in [3.05, 3.63) is 65.5 Å². The van der Waals surface area contributed by atoms with Crippen LogP contribution in [0.5, 0.6) is 5.75 Å². The van der Waals surface area contributed by atoms with E-state index >= 15 is 0 Å². The van der Waals surface area contributed by atoms with E-state index in [9.17, 15) is 9.18 Å². The molecule has 0 aromatic heterocycles. The van der Waals surface area contributed by atoms with E-state index in [1.54, 1.807) is 19.2 Å². The number of methoxy groups -OCH3 is 1. The third-order valence-electron chi connectivity index (χ3n) is 4.09. The van der Waals surface area contributed by atoms with Crippen LogP contribution in [0.25, 0.3) is 0 Å². The Bertz CT molecular complexity index is 663. The van der Waals surface area contributed by atoms with Crippen LogP contribution < -0.4 is 4.74 Å². The van der Waals surface area contributed by atoms with Crippen LogP contribution in [0.2, 0.25) is 0 Å². The topological polar surface area (TPSA) is 29.5 Å². The van der Waals surface area contributed by atoms with Gasteiger partial charge in [-0.05, 0) is 48.2 Å². The van der Waals surface area contributed by atoms with Crippen molar-refractivity contribution in [2.45, 2.75) is 31.8 Å². The summed E-state index contributed by atoms with van der Waals surface area (Å²) in [5.41, 5.74) is 1.93. The summed E-state index contributed by atoms with van der Waals surface area (Å²) in [6.07, 6.45) is 2.48. The first-order valence-corrected chi connectivity index (χ1v) is 7.82. The fraction of sp³-hybridized carbons (Fsp3) is 0.316. The first-order valence-electron chi connectivity index (χ1n) is 7.82. The number of amides is 1. The van der Waals surface area contributed by atoms with Gasteiger partial charge in [-0.1, -0.05) is 24.3 Å². The van der Waals surface area contributed by atoms with E-state index in [4.69, 9.17) is 4.74 Å². The Balaban J connectivity index is 1.67. The van der Waals surface area contributed by atoms with Gasteiger partial charge in [0, 0.05) is 12.6 Å². The molecule has 0 unspecified atom stereocenters. The fourth-order valence-corrected chi connectivity index (χ4v) is 2.61. The largest absolute Gasteiger partial charge is 0.497 e. The number of carbonyl (C=O) groups is 1. The zero-order chi connectivity index (χ0) is 16.2. The van der Waals surface area contributed by atoms with Crippen molar-refractivity contribution in [3.8, 4) is 5.75 Å². The van der Waals surface area contributed by atoms with E-state index in [1.807, 2.05) is 29.2 Å². The zero-order valence-electron chi connectivity index (χ0n) is 13.2. The summed E-state index contributed by atoms with van der Waals surface area (Å²) < 4.78 is 18.1. The smallest absolute Gasteiger partial charge is 0.227 e. The maximum Gasteiger partial charge on any atom is 0.227 e. The number of ether oxygens (including phenoxy) is 1. The summed E-state index contributed by atoms with van der Waals surface area (Å²) in [6.45, 7) is 0.542. The Morgan fingerprint density at radius 3 is 2.26 bits per heavy atom. The lowest BCUT2D eigenvalue weighted by Gasteiger charge is -2.23. The van der Waals surface area contributed by atoms with Gasteiger partial charge >= 0.3 is 0 Å². The van der Waals surface area contributed by atoms with Crippen LogP contribution in [0.15, 0.2) is 48.5 Å². The van der Waals surface area contributed by atoms with Gasteiger partial charge in [-0.3, -0.25) is 4.79 Å².